The zero-order chi connectivity index (χ0) is 17.8. The second kappa shape index (κ2) is 7.97. The van der Waals surface area contributed by atoms with Gasteiger partial charge in [0.05, 0.1) is 16.1 Å². The molecule has 0 unspecified atom stereocenters. The molecule has 0 aliphatic heterocycles. The van der Waals surface area contributed by atoms with E-state index in [-0.39, 0.29) is 17.3 Å². The van der Waals surface area contributed by atoms with E-state index in [0.717, 1.165) is 29.9 Å². The smallest absolute Gasteiger partial charge is 0.307 e. The number of halogens is 1. The number of amides is 2. The molecule has 2 aromatic rings. The SMILES string of the molecule is CSc1cnc(NC(=O)Nc2ccc(F)cc2C(=O)C2CCCC2)s1. The second-order valence-electron chi connectivity index (χ2n) is 5.80. The summed E-state index contributed by atoms with van der Waals surface area (Å²) in [5.74, 6) is -0.684. The number of thioether (sulfide) groups is 1. The summed E-state index contributed by atoms with van der Waals surface area (Å²) in [4.78, 5) is 28.9. The first-order chi connectivity index (χ1) is 12.1. The molecule has 0 atom stereocenters. The van der Waals surface area contributed by atoms with Crippen molar-refractivity contribution in [3.05, 3.63) is 35.8 Å². The molecule has 1 saturated carbocycles. The second-order valence-corrected chi connectivity index (χ2v) is 7.94. The predicted molar refractivity (Wildman–Crippen MR) is 99.2 cm³/mol. The minimum atomic E-state index is -0.505. The number of benzene rings is 1. The summed E-state index contributed by atoms with van der Waals surface area (Å²) < 4.78 is 14.6. The average Bonchev–Trinajstić information content (AvgIpc) is 3.27. The van der Waals surface area contributed by atoms with Crippen LogP contribution < -0.4 is 10.6 Å². The number of carbonyl (C=O) groups excluding carboxylic acids is 2. The molecule has 25 heavy (non-hydrogen) atoms. The monoisotopic (exact) mass is 379 g/mol. The zero-order valence-electron chi connectivity index (χ0n) is 13.7. The van der Waals surface area contributed by atoms with Crippen LogP contribution in [-0.2, 0) is 0 Å². The van der Waals surface area contributed by atoms with Crippen molar-refractivity contribution in [2.45, 2.75) is 29.9 Å². The van der Waals surface area contributed by atoms with E-state index < -0.39 is 11.8 Å². The van der Waals surface area contributed by atoms with Crippen LogP contribution in [0.2, 0.25) is 0 Å². The molecule has 1 aromatic heterocycles. The van der Waals surface area contributed by atoms with Crippen molar-refractivity contribution < 1.29 is 14.0 Å². The standard InChI is InChI=1S/C17H18FN3O2S2/c1-24-14-9-19-17(25-14)21-16(23)20-13-7-6-11(18)8-12(13)15(22)10-4-2-3-5-10/h6-10H,2-5H2,1H3,(H2,19,20,21,23). The maximum Gasteiger partial charge on any atom is 0.325 e. The molecule has 2 amide bonds. The molecule has 5 nitrogen and oxygen atoms in total. The largest absolute Gasteiger partial charge is 0.325 e. The van der Waals surface area contributed by atoms with Gasteiger partial charge in [-0.15, -0.1) is 11.8 Å². The number of nitrogens with zero attached hydrogens (tertiary/aromatic N) is 1. The Hall–Kier alpha value is -1.93. The lowest BCUT2D eigenvalue weighted by Gasteiger charge is -2.14. The molecular weight excluding hydrogens is 361 g/mol. The van der Waals surface area contributed by atoms with E-state index in [2.05, 4.69) is 15.6 Å². The van der Waals surface area contributed by atoms with Gasteiger partial charge in [0, 0.05) is 11.5 Å². The van der Waals surface area contributed by atoms with Crippen LogP contribution >= 0.6 is 23.1 Å². The Morgan fingerprint density at radius 2 is 2.04 bits per heavy atom. The van der Waals surface area contributed by atoms with E-state index in [0.29, 0.717) is 10.8 Å². The van der Waals surface area contributed by atoms with Crippen molar-refractivity contribution >= 4 is 45.7 Å². The summed E-state index contributed by atoms with van der Waals surface area (Å²) in [6.45, 7) is 0. The van der Waals surface area contributed by atoms with Gasteiger partial charge in [-0.05, 0) is 37.3 Å². The first-order valence-electron chi connectivity index (χ1n) is 7.98. The minimum absolute atomic E-state index is 0.0893. The lowest BCUT2D eigenvalue weighted by atomic mass is 9.95. The van der Waals surface area contributed by atoms with E-state index in [9.17, 15) is 14.0 Å². The molecule has 3 rings (SSSR count). The van der Waals surface area contributed by atoms with E-state index in [1.54, 1.807) is 18.0 Å². The molecule has 8 heteroatoms. The van der Waals surface area contributed by atoms with Crippen LogP contribution in [0.5, 0.6) is 0 Å². The van der Waals surface area contributed by atoms with E-state index in [4.69, 9.17) is 0 Å². The maximum absolute atomic E-state index is 13.6. The molecule has 1 heterocycles. The van der Waals surface area contributed by atoms with Crippen molar-refractivity contribution in [2.75, 3.05) is 16.9 Å². The highest BCUT2D eigenvalue weighted by Crippen LogP contribution is 2.31. The molecule has 2 N–H and O–H groups in total. The third-order valence-corrected chi connectivity index (χ3v) is 6.09. The minimum Gasteiger partial charge on any atom is -0.307 e. The number of thiazole rings is 1. The summed E-state index contributed by atoms with van der Waals surface area (Å²) in [7, 11) is 0. The summed E-state index contributed by atoms with van der Waals surface area (Å²) in [6, 6.07) is 3.35. The summed E-state index contributed by atoms with van der Waals surface area (Å²) in [6.07, 6.45) is 7.26. The highest BCUT2D eigenvalue weighted by atomic mass is 32.2. The number of rotatable bonds is 5. The zero-order valence-corrected chi connectivity index (χ0v) is 15.3. The summed E-state index contributed by atoms with van der Waals surface area (Å²) in [5.41, 5.74) is 0.545. The predicted octanol–water partition coefficient (Wildman–Crippen LogP) is 5.02. The summed E-state index contributed by atoms with van der Waals surface area (Å²) >= 11 is 2.90. The lowest BCUT2D eigenvalue weighted by Crippen LogP contribution is -2.22. The first kappa shape index (κ1) is 17.9. The molecule has 132 valence electrons. The van der Waals surface area contributed by atoms with Gasteiger partial charge in [0.15, 0.2) is 10.9 Å². The van der Waals surface area contributed by atoms with Crippen molar-refractivity contribution in [1.82, 2.24) is 4.98 Å². The number of carbonyl (C=O) groups is 2. The number of Topliss-reactive ketones (excluding diaryl/α,β-unsaturated/α-hetero) is 1. The van der Waals surface area contributed by atoms with Gasteiger partial charge in [-0.25, -0.2) is 14.2 Å². The van der Waals surface area contributed by atoms with Crippen LogP contribution in [0.25, 0.3) is 0 Å². The van der Waals surface area contributed by atoms with Gasteiger partial charge >= 0.3 is 6.03 Å². The Balaban J connectivity index is 1.74. The van der Waals surface area contributed by atoms with Gasteiger partial charge in [-0.3, -0.25) is 10.1 Å². The van der Waals surface area contributed by atoms with Gasteiger partial charge in [0.25, 0.3) is 0 Å². The van der Waals surface area contributed by atoms with Gasteiger partial charge < -0.3 is 5.32 Å². The highest BCUT2D eigenvalue weighted by Gasteiger charge is 2.26. The number of ketones is 1. The van der Waals surface area contributed by atoms with E-state index in [1.165, 1.54) is 29.5 Å². The van der Waals surface area contributed by atoms with Crippen molar-refractivity contribution in [1.29, 1.82) is 0 Å². The molecule has 0 saturated heterocycles. The van der Waals surface area contributed by atoms with Crippen molar-refractivity contribution in [2.24, 2.45) is 5.92 Å². The van der Waals surface area contributed by atoms with Crippen LogP contribution in [-0.4, -0.2) is 23.1 Å². The van der Waals surface area contributed by atoms with Gasteiger partial charge in [0.1, 0.15) is 5.82 Å². The Labute approximate surface area is 153 Å². The molecular formula is C17H18FN3O2S2. The number of urea groups is 1. The van der Waals surface area contributed by atoms with Crippen LogP contribution in [0.1, 0.15) is 36.0 Å². The molecule has 0 bridgehead atoms. The Kier molecular flexibility index (Phi) is 5.70. The van der Waals surface area contributed by atoms with Crippen molar-refractivity contribution in [3.8, 4) is 0 Å². The number of nitrogens with one attached hydrogen (secondary N) is 2. The Morgan fingerprint density at radius 3 is 2.72 bits per heavy atom. The van der Waals surface area contributed by atoms with Crippen LogP contribution in [0.3, 0.4) is 0 Å². The van der Waals surface area contributed by atoms with E-state index >= 15 is 0 Å². The third-order valence-electron chi connectivity index (χ3n) is 4.13. The van der Waals surface area contributed by atoms with Crippen LogP contribution in [0.4, 0.5) is 20.0 Å². The molecule has 1 aromatic carbocycles. The Bertz CT molecular complexity index is 788. The summed E-state index contributed by atoms with van der Waals surface area (Å²) in [5, 5.41) is 5.74. The number of hydrogen-bond acceptors (Lipinski definition) is 5. The lowest BCUT2D eigenvalue weighted by molar-refractivity contribution is 0.0923. The molecule has 1 aliphatic carbocycles. The maximum atomic E-state index is 13.6. The topological polar surface area (TPSA) is 71.1 Å². The molecule has 0 spiro atoms. The fraction of sp³-hybridized carbons (Fsp3) is 0.353. The van der Waals surface area contributed by atoms with Gasteiger partial charge in [-0.2, -0.15) is 0 Å². The van der Waals surface area contributed by atoms with Crippen LogP contribution in [0, 0.1) is 11.7 Å². The normalized spacial score (nSPS) is 14.5. The fourth-order valence-electron chi connectivity index (χ4n) is 2.90. The molecule has 1 aliphatic rings. The number of hydrogen-bond donors (Lipinski definition) is 2. The molecule has 1 fully saturated rings. The quantitative estimate of drug-likeness (QED) is 0.565. The fourth-order valence-corrected chi connectivity index (χ4v) is 4.17. The molecule has 0 radical (unpaired) electrons. The highest BCUT2D eigenvalue weighted by molar-refractivity contribution is 8.00. The number of aromatic nitrogens is 1. The van der Waals surface area contributed by atoms with Crippen molar-refractivity contribution in [3.63, 3.8) is 0 Å². The number of anilines is 2. The van der Waals surface area contributed by atoms with Gasteiger partial charge in [0.2, 0.25) is 0 Å². The van der Waals surface area contributed by atoms with Crippen LogP contribution in [0.15, 0.2) is 28.6 Å². The third kappa shape index (κ3) is 4.38. The first-order valence-corrected chi connectivity index (χ1v) is 10.0. The van der Waals surface area contributed by atoms with Gasteiger partial charge in [-0.1, -0.05) is 24.2 Å². The van der Waals surface area contributed by atoms with E-state index in [1.807, 2.05) is 6.26 Å². The Morgan fingerprint density at radius 1 is 1.28 bits per heavy atom. The average molecular weight is 379 g/mol.